The van der Waals surface area contributed by atoms with Crippen LogP contribution in [0.5, 0.6) is 0 Å². The first kappa shape index (κ1) is 26.9. The van der Waals surface area contributed by atoms with Crippen LogP contribution >= 0.6 is 0 Å². The van der Waals surface area contributed by atoms with Crippen LogP contribution in [0.25, 0.3) is 10.9 Å². The van der Waals surface area contributed by atoms with Gasteiger partial charge in [-0.2, -0.15) is 0 Å². The second-order valence-corrected chi connectivity index (χ2v) is 9.43. The summed E-state index contributed by atoms with van der Waals surface area (Å²) in [5.41, 5.74) is 1.31. The molecule has 2 amide bonds. The third kappa shape index (κ3) is 7.16. The van der Waals surface area contributed by atoms with Crippen LogP contribution in [-0.2, 0) is 29.1 Å². The van der Waals surface area contributed by atoms with Crippen LogP contribution in [0.2, 0.25) is 0 Å². The highest BCUT2D eigenvalue weighted by Gasteiger charge is 2.15. The molecule has 2 aromatic carbocycles. The molecule has 1 heterocycles. The molecule has 192 valence electrons. The molecule has 0 fully saturated rings. The van der Waals surface area contributed by atoms with Crippen LogP contribution < -0.4 is 21.9 Å². The second kappa shape index (κ2) is 12.9. The zero-order chi connectivity index (χ0) is 26.1. The molecular weight excluding hydrogens is 456 g/mol. The van der Waals surface area contributed by atoms with Gasteiger partial charge in [-0.15, -0.1) is 0 Å². The summed E-state index contributed by atoms with van der Waals surface area (Å²) in [6.07, 6.45) is 3.23. The van der Waals surface area contributed by atoms with Crippen LogP contribution in [-0.4, -0.2) is 27.5 Å². The Labute approximate surface area is 211 Å². The van der Waals surface area contributed by atoms with Crippen molar-refractivity contribution in [1.29, 1.82) is 0 Å². The number of nitrogens with one attached hydrogen (secondary N) is 2. The zero-order valence-corrected chi connectivity index (χ0v) is 21.4. The maximum absolute atomic E-state index is 13.3. The van der Waals surface area contributed by atoms with Gasteiger partial charge in [0.15, 0.2) is 0 Å². The maximum atomic E-state index is 13.3. The first-order valence-electron chi connectivity index (χ1n) is 12.7. The van der Waals surface area contributed by atoms with E-state index in [1.807, 2.05) is 24.3 Å². The molecule has 0 bridgehead atoms. The van der Waals surface area contributed by atoms with Crippen molar-refractivity contribution in [2.24, 2.45) is 5.92 Å². The van der Waals surface area contributed by atoms with Gasteiger partial charge in [-0.3, -0.25) is 23.5 Å². The van der Waals surface area contributed by atoms with Crippen molar-refractivity contribution in [2.45, 2.75) is 66.0 Å². The van der Waals surface area contributed by atoms with Crippen LogP contribution in [0.15, 0.2) is 58.1 Å². The lowest BCUT2D eigenvalue weighted by Crippen LogP contribution is -2.41. The number of benzene rings is 2. The van der Waals surface area contributed by atoms with Gasteiger partial charge in [0.25, 0.3) is 5.56 Å². The number of carbonyl (C=O) groups is 2. The molecule has 0 aliphatic heterocycles. The van der Waals surface area contributed by atoms with Crippen LogP contribution in [0, 0.1) is 5.92 Å². The van der Waals surface area contributed by atoms with E-state index in [0.29, 0.717) is 48.3 Å². The van der Waals surface area contributed by atoms with Gasteiger partial charge in [0.1, 0.15) is 6.54 Å². The van der Waals surface area contributed by atoms with Crippen molar-refractivity contribution in [3.63, 3.8) is 0 Å². The molecule has 0 saturated heterocycles. The molecule has 3 aromatic rings. The normalized spacial score (nSPS) is 11.1. The van der Waals surface area contributed by atoms with Crippen molar-refractivity contribution in [1.82, 2.24) is 14.5 Å². The standard InChI is InChI=1S/C28H36N4O4/c1-4-21-12-14-22(15-13-21)30-26(34)19-32-24-10-6-5-9-23(24)27(35)31(28(32)36)18-8-7-11-25(33)29-17-16-20(2)3/h5-6,9-10,12-15,20H,4,7-8,11,16-19H2,1-3H3,(H,29,33)(H,30,34). The van der Waals surface area contributed by atoms with Crippen LogP contribution in [0.1, 0.15) is 52.0 Å². The molecular formula is C28H36N4O4. The van der Waals surface area contributed by atoms with Gasteiger partial charge < -0.3 is 10.6 Å². The molecule has 3 rings (SSSR count). The number of hydrogen-bond acceptors (Lipinski definition) is 4. The number of nitrogens with zero attached hydrogens (tertiary/aromatic N) is 2. The Morgan fingerprint density at radius 1 is 0.917 bits per heavy atom. The molecule has 0 radical (unpaired) electrons. The van der Waals surface area contributed by atoms with E-state index >= 15 is 0 Å². The third-order valence-electron chi connectivity index (χ3n) is 6.16. The fourth-order valence-electron chi connectivity index (χ4n) is 4.03. The predicted molar refractivity (Wildman–Crippen MR) is 143 cm³/mol. The zero-order valence-electron chi connectivity index (χ0n) is 21.4. The van der Waals surface area contributed by atoms with Gasteiger partial charge in [-0.1, -0.05) is 45.0 Å². The highest BCUT2D eigenvalue weighted by atomic mass is 16.2. The van der Waals surface area contributed by atoms with Crippen LogP contribution in [0.4, 0.5) is 5.69 Å². The minimum Gasteiger partial charge on any atom is -0.356 e. The van der Waals surface area contributed by atoms with Gasteiger partial charge >= 0.3 is 5.69 Å². The minimum absolute atomic E-state index is 0.0254. The number of amides is 2. The Hall–Kier alpha value is -3.68. The average molecular weight is 493 g/mol. The molecule has 8 nitrogen and oxygen atoms in total. The Morgan fingerprint density at radius 3 is 2.33 bits per heavy atom. The third-order valence-corrected chi connectivity index (χ3v) is 6.16. The van der Waals surface area contributed by atoms with Gasteiger partial charge in [0, 0.05) is 25.2 Å². The largest absolute Gasteiger partial charge is 0.356 e. The van der Waals surface area contributed by atoms with E-state index in [1.165, 1.54) is 9.13 Å². The molecule has 0 aliphatic carbocycles. The number of aryl methyl sites for hydroxylation is 1. The van der Waals surface area contributed by atoms with Crippen molar-refractivity contribution in [3.05, 3.63) is 74.9 Å². The van der Waals surface area contributed by atoms with E-state index < -0.39 is 5.69 Å². The van der Waals surface area contributed by atoms with Gasteiger partial charge in [0.05, 0.1) is 10.9 Å². The SMILES string of the molecule is CCc1ccc(NC(=O)Cn2c(=O)n(CCCCC(=O)NCCC(C)C)c(=O)c3ccccc32)cc1. The summed E-state index contributed by atoms with van der Waals surface area (Å²) in [4.78, 5) is 51.1. The summed E-state index contributed by atoms with van der Waals surface area (Å²) in [6.45, 7) is 6.88. The lowest BCUT2D eigenvalue weighted by Gasteiger charge is -2.14. The fraction of sp³-hybridized carbons (Fsp3) is 0.429. The quantitative estimate of drug-likeness (QED) is 0.376. The lowest BCUT2D eigenvalue weighted by molar-refractivity contribution is -0.121. The lowest BCUT2D eigenvalue weighted by atomic mass is 10.1. The number of rotatable bonds is 12. The topological polar surface area (TPSA) is 102 Å². The highest BCUT2D eigenvalue weighted by Crippen LogP contribution is 2.12. The number of fused-ring (bicyclic) bond motifs is 1. The van der Waals surface area contributed by atoms with E-state index in [9.17, 15) is 19.2 Å². The molecule has 0 aliphatic rings. The molecule has 0 spiro atoms. The summed E-state index contributed by atoms with van der Waals surface area (Å²) < 4.78 is 2.51. The van der Waals surface area contributed by atoms with Gasteiger partial charge in [0.2, 0.25) is 11.8 Å². The summed E-state index contributed by atoms with van der Waals surface area (Å²) >= 11 is 0. The Bertz CT molecular complexity index is 1310. The van der Waals surface area contributed by atoms with Gasteiger partial charge in [-0.25, -0.2) is 4.79 Å². The van der Waals surface area contributed by atoms with E-state index in [1.54, 1.807) is 24.3 Å². The Kier molecular flexibility index (Phi) is 9.61. The summed E-state index contributed by atoms with van der Waals surface area (Å²) in [5, 5.41) is 6.10. The first-order chi connectivity index (χ1) is 17.3. The van der Waals surface area contributed by atoms with Crippen molar-refractivity contribution in [3.8, 4) is 0 Å². The number of hydrogen-bond donors (Lipinski definition) is 2. The second-order valence-electron chi connectivity index (χ2n) is 9.43. The van der Waals surface area contributed by atoms with E-state index in [0.717, 1.165) is 18.4 Å². The Morgan fingerprint density at radius 2 is 1.64 bits per heavy atom. The molecule has 36 heavy (non-hydrogen) atoms. The van der Waals surface area contributed by atoms with E-state index in [2.05, 4.69) is 31.4 Å². The van der Waals surface area contributed by atoms with Crippen molar-refractivity contribution < 1.29 is 9.59 Å². The molecule has 0 unspecified atom stereocenters. The van der Waals surface area contributed by atoms with Crippen molar-refractivity contribution in [2.75, 3.05) is 11.9 Å². The smallest absolute Gasteiger partial charge is 0.331 e. The van der Waals surface area contributed by atoms with E-state index in [-0.39, 0.29) is 30.5 Å². The van der Waals surface area contributed by atoms with Crippen LogP contribution in [0.3, 0.4) is 0 Å². The molecule has 0 saturated carbocycles. The van der Waals surface area contributed by atoms with E-state index in [4.69, 9.17) is 0 Å². The summed E-state index contributed by atoms with van der Waals surface area (Å²) in [6, 6.07) is 14.4. The number of para-hydroxylation sites is 1. The molecule has 2 N–H and O–H groups in total. The number of unbranched alkanes of at least 4 members (excludes halogenated alkanes) is 1. The maximum Gasteiger partial charge on any atom is 0.331 e. The molecule has 0 atom stereocenters. The summed E-state index contributed by atoms with van der Waals surface area (Å²) in [7, 11) is 0. The molecule has 1 aromatic heterocycles. The average Bonchev–Trinajstić information content (AvgIpc) is 2.86. The molecule has 8 heteroatoms. The van der Waals surface area contributed by atoms with Gasteiger partial charge in [-0.05, 0) is 61.4 Å². The van der Waals surface area contributed by atoms with Crippen molar-refractivity contribution >= 4 is 28.4 Å². The highest BCUT2D eigenvalue weighted by molar-refractivity contribution is 5.91. The first-order valence-corrected chi connectivity index (χ1v) is 12.7. The number of carbonyl (C=O) groups excluding carboxylic acids is 2. The predicted octanol–water partition coefficient (Wildman–Crippen LogP) is 3.70. The Balaban J connectivity index is 1.72. The summed E-state index contributed by atoms with van der Waals surface area (Å²) in [5.74, 6) is 0.147. The fourth-order valence-corrected chi connectivity index (χ4v) is 4.03. The monoisotopic (exact) mass is 492 g/mol. The number of aromatic nitrogens is 2. The number of anilines is 1. The minimum atomic E-state index is -0.531.